The first-order chi connectivity index (χ1) is 10.7. The summed E-state index contributed by atoms with van der Waals surface area (Å²) in [4.78, 5) is 18.6. The molecule has 3 atom stereocenters. The lowest BCUT2D eigenvalue weighted by molar-refractivity contribution is 0.0779. The van der Waals surface area contributed by atoms with Gasteiger partial charge in [-0.25, -0.2) is 9.67 Å². The number of halogens is 1. The number of nitrogens with zero attached hydrogens (tertiary/aromatic N) is 4. The van der Waals surface area contributed by atoms with Gasteiger partial charge in [-0.1, -0.05) is 6.07 Å². The van der Waals surface area contributed by atoms with Gasteiger partial charge >= 0.3 is 0 Å². The maximum Gasteiger partial charge on any atom is 0.253 e. The maximum atomic E-state index is 12.7. The zero-order chi connectivity index (χ0) is 15.1. The smallest absolute Gasteiger partial charge is 0.253 e. The number of likely N-dealkylation sites (tertiary alicyclic amines) is 1. The van der Waals surface area contributed by atoms with Gasteiger partial charge in [-0.15, -0.1) is 12.4 Å². The largest absolute Gasteiger partial charge is 0.338 e. The van der Waals surface area contributed by atoms with Crippen LogP contribution in [0, 0.1) is 11.8 Å². The molecule has 1 aromatic carbocycles. The van der Waals surface area contributed by atoms with E-state index in [9.17, 15) is 4.79 Å². The summed E-state index contributed by atoms with van der Waals surface area (Å²) >= 11 is 0. The van der Waals surface area contributed by atoms with Gasteiger partial charge in [0, 0.05) is 24.7 Å². The Bertz CT molecular complexity index is 690. The molecule has 1 aliphatic carbocycles. The van der Waals surface area contributed by atoms with Crippen LogP contribution in [0.4, 0.5) is 0 Å². The van der Waals surface area contributed by atoms with Gasteiger partial charge in [-0.3, -0.25) is 4.79 Å². The average molecular weight is 334 g/mol. The van der Waals surface area contributed by atoms with Crippen LogP contribution < -0.4 is 5.73 Å². The Balaban J connectivity index is 0.00000156. The van der Waals surface area contributed by atoms with E-state index < -0.39 is 0 Å². The molecule has 1 amide bonds. The minimum Gasteiger partial charge on any atom is -0.338 e. The highest BCUT2D eigenvalue weighted by atomic mass is 35.5. The van der Waals surface area contributed by atoms with Crippen molar-refractivity contribution >= 4 is 18.3 Å². The summed E-state index contributed by atoms with van der Waals surface area (Å²) in [6.45, 7) is 1.63. The van der Waals surface area contributed by atoms with Crippen molar-refractivity contribution in [3.05, 3.63) is 42.5 Å². The molecule has 4 rings (SSSR count). The van der Waals surface area contributed by atoms with Crippen LogP contribution in [0.5, 0.6) is 0 Å². The molecule has 1 saturated heterocycles. The molecule has 0 spiro atoms. The van der Waals surface area contributed by atoms with Crippen molar-refractivity contribution in [2.24, 2.45) is 17.6 Å². The minimum atomic E-state index is 0. The lowest BCUT2D eigenvalue weighted by Gasteiger charge is -2.19. The molecule has 0 radical (unpaired) electrons. The van der Waals surface area contributed by atoms with Gasteiger partial charge in [-0.2, -0.15) is 5.10 Å². The minimum absolute atomic E-state index is 0. The standard InChI is InChI=1S/C16H19N5O.ClH/c17-15-5-4-12-7-20(8-14(12)15)16(22)11-2-1-3-13(6-11)21-10-18-9-19-21;/h1-3,6,9-10,12,14-15H,4-5,7-8,17H2;1H. The third-order valence-electron chi connectivity index (χ3n) is 4.98. The molecule has 3 unspecified atom stereocenters. The van der Waals surface area contributed by atoms with Gasteiger partial charge in [0.2, 0.25) is 0 Å². The van der Waals surface area contributed by atoms with Crippen molar-refractivity contribution in [3.8, 4) is 5.69 Å². The molecule has 23 heavy (non-hydrogen) atoms. The van der Waals surface area contributed by atoms with Crippen molar-refractivity contribution in [2.75, 3.05) is 13.1 Å². The summed E-state index contributed by atoms with van der Waals surface area (Å²) < 4.78 is 1.66. The predicted molar refractivity (Wildman–Crippen MR) is 88.7 cm³/mol. The molecule has 2 aliphatic rings. The maximum absolute atomic E-state index is 12.7. The highest BCUT2D eigenvalue weighted by Gasteiger charge is 2.42. The fourth-order valence-corrected chi connectivity index (χ4v) is 3.78. The van der Waals surface area contributed by atoms with Crippen molar-refractivity contribution in [3.63, 3.8) is 0 Å². The van der Waals surface area contributed by atoms with Crippen LogP contribution >= 0.6 is 12.4 Å². The van der Waals surface area contributed by atoms with Crippen LogP contribution in [0.3, 0.4) is 0 Å². The SMILES string of the molecule is Cl.NC1CCC2CN(C(=O)c3cccc(-n4cncn4)c3)CC12. The van der Waals surface area contributed by atoms with Gasteiger partial charge in [0.1, 0.15) is 12.7 Å². The molecule has 2 heterocycles. The molecule has 6 nitrogen and oxygen atoms in total. The summed E-state index contributed by atoms with van der Waals surface area (Å²) in [5.74, 6) is 1.14. The number of hydrogen-bond donors (Lipinski definition) is 1. The number of carbonyl (C=O) groups excluding carboxylic acids is 1. The molecule has 1 saturated carbocycles. The summed E-state index contributed by atoms with van der Waals surface area (Å²) in [6, 6.07) is 7.78. The predicted octanol–water partition coefficient (Wildman–Crippen LogP) is 1.50. The number of aromatic nitrogens is 3. The zero-order valence-electron chi connectivity index (χ0n) is 12.7. The van der Waals surface area contributed by atoms with Crippen molar-refractivity contribution in [1.82, 2.24) is 19.7 Å². The normalized spacial score (nSPS) is 26.0. The fourth-order valence-electron chi connectivity index (χ4n) is 3.78. The van der Waals surface area contributed by atoms with E-state index in [1.165, 1.54) is 6.33 Å². The van der Waals surface area contributed by atoms with E-state index in [1.54, 1.807) is 11.0 Å². The van der Waals surface area contributed by atoms with Crippen LogP contribution in [0.2, 0.25) is 0 Å². The Morgan fingerprint density at radius 3 is 2.87 bits per heavy atom. The first-order valence-electron chi connectivity index (χ1n) is 7.72. The van der Waals surface area contributed by atoms with E-state index in [-0.39, 0.29) is 24.4 Å². The first kappa shape index (κ1) is 16.0. The second-order valence-electron chi connectivity index (χ2n) is 6.27. The zero-order valence-corrected chi connectivity index (χ0v) is 13.5. The molecule has 122 valence electrons. The molecule has 2 N–H and O–H groups in total. The van der Waals surface area contributed by atoms with Gasteiger partial charge in [-0.05, 0) is 42.9 Å². The van der Waals surface area contributed by atoms with E-state index in [1.807, 2.05) is 29.2 Å². The average Bonchev–Trinajstić information content (AvgIpc) is 3.25. The van der Waals surface area contributed by atoms with Gasteiger partial charge in [0.25, 0.3) is 5.91 Å². The second kappa shape index (κ2) is 6.29. The lowest BCUT2D eigenvalue weighted by atomic mass is 9.98. The summed E-state index contributed by atoms with van der Waals surface area (Å²) in [5.41, 5.74) is 7.70. The van der Waals surface area contributed by atoms with E-state index in [4.69, 9.17) is 5.73 Å². The molecule has 2 fully saturated rings. The summed E-state index contributed by atoms with van der Waals surface area (Å²) in [6.07, 6.45) is 5.36. The number of nitrogens with two attached hydrogens (primary N) is 1. The first-order valence-corrected chi connectivity index (χ1v) is 7.72. The highest BCUT2D eigenvalue weighted by Crippen LogP contribution is 2.37. The highest BCUT2D eigenvalue weighted by molar-refractivity contribution is 5.95. The molecule has 1 aromatic heterocycles. The molecular formula is C16H20ClN5O. The van der Waals surface area contributed by atoms with Crippen LogP contribution in [0.25, 0.3) is 5.69 Å². The van der Waals surface area contributed by atoms with Crippen LogP contribution in [-0.2, 0) is 0 Å². The third kappa shape index (κ3) is 2.84. The number of rotatable bonds is 2. The van der Waals surface area contributed by atoms with Gasteiger partial charge in [0.15, 0.2) is 0 Å². The van der Waals surface area contributed by atoms with Crippen molar-refractivity contribution in [1.29, 1.82) is 0 Å². The fraction of sp³-hybridized carbons (Fsp3) is 0.438. The topological polar surface area (TPSA) is 77.0 Å². The summed E-state index contributed by atoms with van der Waals surface area (Å²) in [7, 11) is 0. The van der Waals surface area contributed by atoms with Crippen molar-refractivity contribution in [2.45, 2.75) is 18.9 Å². The van der Waals surface area contributed by atoms with Crippen LogP contribution in [0.15, 0.2) is 36.9 Å². The Morgan fingerprint density at radius 2 is 2.13 bits per heavy atom. The molecule has 2 aromatic rings. The van der Waals surface area contributed by atoms with Crippen molar-refractivity contribution < 1.29 is 4.79 Å². The second-order valence-corrected chi connectivity index (χ2v) is 6.27. The molecular weight excluding hydrogens is 314 g/mol. The number of amides is 1. The number of benzene rings is 1. The number of fused-ring (bicyclic) bond motifs is 1. The molecule has 7 heteroatoms. The Labute approximate surface area is 141 Å². The van der Waals surface area contributed by atoms with E-state index in [0.29, 0.717) is 17.4 Å². The number of carbonyl (C=O) groups is 1. The van der Waals surface area contributed by atoms with Crippen LogP contribution in [-0.4, -0.2) is 44.7 Å². The molecule has 1 aliphatic heterocycles. The van der Waals surface area contributed by atoms with E-state index >= 15 is 0 Å². The Hall–Kier alpha value is -1.92. The summed E-state index contributed by atoms with van der Waals surface area (Å²) in [5, 5.41) is 4.11. The number of hydrogen-bond acceptors (Lipinski definition) is 4. The van der Waals surface area contributed by atoms with E-state index in [0.717, 1.165) is 31.6 Å². The Kier molecular flexibility index (Phi) is 4.37. The monoisotopic (exact) mass is 333 g/mol. The molecule has 0 bridgehead atoms. The quantitative estimate of drug-likeness (QED) is 0.903. The lowest BCUT2D eigenvalue weighted by Crippen LogP contribution is -2.33. The van der Waals surface area contributed by atoms with Crippen LogP contribution in [0.1, 0.15) is 23.2 Å². The Morgan fingerprint density at radius 1 is 1.26 bits per heavy atom. The van der Waals surface area contributed by atoms with E-state index in [2.05, 4.69) is 10.1 Å². The third-order valence-corrected chi connectivity index (χ3v) is 4.98. The van der Waals surface area contributed by atoms with Gasteiger partial charge in [0.05, 0.1) is 5.69 Å². The van der Waals surface area contributed by atoms with Gasteiger partial charge < -0.3 is 10.6 Å².